The average Bonchev–Trinajstić information content (AvgIpc) is 3.97. The van der Waals surface area contributed by atoms with Gasteiger partial charge >= 0.3 is 0 Å². The molecule has 0 saturated heterocycles. The second-order valence-electron chi connectivity index (χ2n) is 13.6. The lowest BCUT2D eigenvalue weighted by atomic mass is 9.65. The van der Waals surface area contributed by atoms with E-state index in [1.807, 2.05) is 34.8 Å². The molecule has 10 heteroatoms. The Morgan fingerprint density at radius 3 is 1.45 bits per heavy atom. The first kappa shape index (κ1) is 34.3. The molecule has 1 aliphatic carbocycles. The van der Waals surface area contributed by atoms with E-state index in [1.54, 1.807) is 0 Å². The Morgan fingerprint density at radius 1 is 0.633 bits per heavy atom. The molecular weight excluding hydrogens is 685 g/mol. The van der Waals surface area contributed by atoms with Crippen molar-refractivity contribution >= 4 is 80.8 Å². The van der Waals surface area contributed by atoms with Gasteiger partial charge < -0.3 is 0 Å². The smallest absolute Gasteiger partial charge is 0.152 e. The summed E-state index contributed by atoms with van der Waals surface area (Å²) >= 11 is 6.07. The fraction of sp³-hybridized carbons (Fsp3) is 0.436. The minimum atomic E-state index is -0.110. The van der Waals surface area contributed by atoms with Crippen molar-refractivity contribution < 1.29 is 9.59 Å². The molecule has 2 unspecified atom stereocenters. The van der Waals surface area contributed by atoms with Gasteiger partial charge in [-0.2, -0.15) is 17.5 Å². The van der Waals surface area contributed by atoms with Crippen molar-refractivity contribution in [2.24, 2.45) is 11.8 Å². The van der Waals surface area contributed by atoms with E-state index in [0.29, 0.717) is 34.0 Å². The summed E-state index contributed by atoms with van der Waals surface area (Å²) in [6, 6.07) is 12.9. The quantitative estimate of drug-likeness (QED) is 0.0923. The molecular formula is C39H42N4O2S4. The number of benzene rings is 2. The summed E-state index contributed by atoms with van der Waals surface area (Å²) < 4.78 is 18.4. The van der Waals surface area contributed by atoms with E-state index in [4.69, 9.17) is 0 Å². The monoisotopic (exact) mass is 726 g/mol. The van der Waals surface area contributed by atoms with Crippen LogP contribution in [0.2, 0.25) is 0 Å². The Hall–Kier alpha value is -3.18. The van der Waals surface area contributed by atoms with Gasteiger partial charge in [0.1, 0.15) is 22.1 Å². The molecule has 4 heterocycles. The Balaban J connectivity index is 1.46. The largest absolute Gasteiger partial charge is 0.298 e. The predicted molar refractivity (Wildman–Crippen MR) is 208 cm³/mol. The molecule has 0 radical (unpaired) electrons. The van der Waals surface area contributed by atoms with Crippen molar-refractivity contribution in [1.82, 2.24) is 17.5 Å². The van der Waals surface area contributed by atoms with Crippen LogP contribution in [0.4, 0.5) is 0 Å². The summed E-state index contributed by atoms with van der Waals surface area (Å²) in [6.45, 7) is 9.35. The van der Waals surface area contributed by atoms with Crippen LogP contribution in [-0.4, -0.2) is 30.1 Å². The Bertz CT molecular complexity index is 1970. The van der Waals surface area contributed by atoms with Crippen LogP contribution >= 0.6 is 46.1 Å². The number of carbonyl (C=O) groups excluding carboxylic acids is 2. The van der Waals surface area contributed by atoms with E-state index in [2.05, 4.69) is 69.5 Å². The summed E-state index contributed by atoms with van der Waals surface area (Å²) in [5.74, 6) is 1.24. The van der Waals surface area contributed by atoms with Crippen molar-refractivity contribution in [2.75, 3.05) is 0 Å². The zero-order valence-corrected chi connectivity index (χ0v) is 31.8. The number of fused-ring (bicyclic) bond motifs is 5. The first-order valence-electron chi connectivity index (χ1n) is 17.7. The van der Waals surface area contributed by atoms with Gasteiger partial charge in [0.05, 0.1) is 23.5 Å². The van der Waals surface area contributed by atoms with E-state index in [0.717, 1.165) is 47.6 Å². The van der Waals surface area contributed by atoms with Crippen LogP contribution < -0.4 is 0 Å². The Morgan fingerprint density at radius 2 is 1.06 bits per heavy atom. The lowest BCUT2D eigenvalue weighted by Gasteiger charge is -2.37. The van der Waals surface area contributed by atoms with Crippen LogP contribution in [0.25, 0.3) is 52.7 Å². The van der Waals surface area contributed by atoms with Gasteiger partial charge in [-0.15, -0.1) is 22.7 Å². The molecule has 1 aliphatic rings. The van der Waals surface area contributed by atoms with Gasteiger partial charge in [0, 0.05) is 47.2 Å². The summed E-state index contributed by atoms with van der Waals surface area (Å²) in [4.78, 5) is 28.8. The molecule has 49 heavy (non-hydrogen) atoms. The van der Waals surface area contributed by atoms with Gasteiger partial charge in [0.25, 0.3) is 0 Å². The molecule has 0 bridgehead atoms. The third-order valence-corrected chi connectivity index (χ3v) is 14.3. The van der Waals surface area contributed by atoms with Crippen LogP contribution in [0.5, 0.6) is 0 Å². The lowest BCUT2D eigenvalue weighted by Crippen LogP contribution is -2.31. The summed E-state index contributed by atoms with van der Waals surface area (Å²) in [5, 5.41) is 0. The maximum atomic E-state index is 11.9. The topological polar surface area (TPSA) is 85.7 Å². The summed E-state index contributed by atoms with van der Waals surface area (Å²) in [6.07, 6.45) is 13.8. The normalized spacial score (nSPS) is 14.7. The molecule has 0 saturated carbocycles. The standard InChI is InChI=1S/C39H42N4O2S4/c1-5-9-11-23(7-3)19-39(20-24(8-4)12-10-6-2)29-17-31(27-15-13-25(21-44)33-35(27)42-48-40-33)46-37(29)38-30(39)18-32(47-38)28-16-14-26(22-45)34-36(28)43-49-41-34/h13-18,21-24H,5-12,19-20H2,1-4H3. The minimum Gasteiger partial charge on any atom is -0.298 e. The third kappa shape index (κ3) is 6.02. The van der Waals surface area contributed by atoms with Gasteiger partial charge in [-0.25, -0.2) is 0 Å². The van der Waals surface area contributed by atoms with Crippen molar-refractivity contribution in [3.05, 3.63) is 58.7 Å². The zero-order valence-electron chi connectivity index (χ0n) is 28.6. The highest BCUT2D eigenvalue weighted by molar-refractivity contribution is 7.26. The molecule has 6 aromatic rings. The fourth-order valence-electron chi connectivity index (χ4n) is 8.00. The second kappa shape index (κ2) is 14.6. The molecule has 6 nitrogen and oxygen atoms in total. The summed E-state index contributed by atoms with van der Waals surface area (Å²) in [7, 11) is 0. The second-order valence-corrected chi connectivity index (χ2v) is 16.8. The molecule has 254 valence electrons. The van der Waals surface area contributed by atoms with E-state index in [9.17, 15) is 9.59 Å². The van der Waals surface area contributed by atoms with Gasteiger partial charge in [-0.05, 0) is 60.1 Å². The highest BCUT2D eigenvalue weighted by atomic mass is 32.1. The molecule has 4 aromatic heterocycles. The molecule has 7 rings (SSSR count). The van der Waals surface area contributed by atoms with Gasteiger partial charge in [-0.1, -0.05) is 91.2 Å². The number of aldehydes is 2. The molecule has 0 fully saturated rings. The number of thiophene rings is 2. The highest BCUT2D eigenvalue weighted by Gasteiger charge is 2.48. The number of aromatic nitrogens is 4. The SMILES string of the molecule is CCCCC(CC)CC1(CC(CC)CCCC)c2cc(-c3ccc(C=O)c4nsnc34)sc2-c2sc(-c3ccc(C=O)c4nsnc34)cc21. The molecule has 2 aromatic carbocycles. The van der Waals surface area contributed by atoms with Crippen LogP contribution in [0.3, 0.4) is 0 Å². The van der Waals surface area contributed by atoms with Crippen LogP contribution in [0, 0.1) is 11.8 Å². The number of nitrogens with zero attached hydrogens (tertiary/aromatic N) is 4. The maximum absolute atomic E-state index is 11.9. The zero-order chi connectivity index (χ0) is 34.1. The van der Waals surface area contributed by atoms with Crippen molar-refractivity contribution in [3.63, 3.8) is 0 Å². The first-order chi connectivity index (χ1) is 24.0. The molecule has 0 aliphatic heterocycles. The molecule has 0 N–H and O–H groups in total. The number of hydrogen-bond donors (Lipinski definition) is 0. The van der Waals surface area contributed by atoms with E-state index in [-0.39, 0.29) is 5.41 Å². The van der Waals surface area contributed by atoms with Crippen LogP contribution in [-0.2, 0) is 5.41 Å². The van der Waals surface area contributed by atoms with E-state index in [1.165, 1.54) is 105 Å². The number of rotatable bonds is 16. The van der Waals surface area contributed by atoms with Crippen molar-refractivity contribution in [2.45, 2.75) is 97.3 Å². The predicted octanol–water partition coefficient (Wildman–Crippen LogP) is 12.3. The van der Waals surface area contributed by atoms with E-state index >= 15 is 0 Å². The molecule has 2 atom stereocenters. The van der Waals surface area contributed by atoms with Crippen LogP contribution in [0.1, 0.15) is 124 Å². The minimum absolute atomic E-state index is 0.110. The highest BCUT2D eigenvalue weighted by Crippen LogP contribution is 2.63. The van der Waals surface area contributed by atoms with Crippen molar-refractivity contribution in [1.29, 1.82) is 0 Å². The summed E-state index contributed by atoms with van der Waals surface area (Å²) in [5.41, 5.74) is 9.10. The number of hydrogen-bond acceptors (Lipinski definition) is 10. The van der Waals surface area contributed by atoms with E-state index < -0.39 is 0 Å². The van der Waals surface area contributed by atoms with Crippen LogP contribution in [0.15, 0.2) is 36.4 Å². The first-order valence-corrected chi connectivity index (χ1v) is 20.8. The molecule has 0 spiro atoms. The number of unbranched alkanes of at least 4 members (excludes halogenated alkanes) is 2. The Labute approximate surface area is 304 Å². The maximum Gasteiger partial charge on any atom is 0.152 e. The fourth-order valence-corrected chi connectivity index (χ4v) is 11.9. The van der Waals surface area contributed by atoms with Gasteiger partial charge in [-0.3, -0.25) is 9.59 Å². The average molecular weight is 727 g/mol. The lowest BCUT2D eigenvalue weighted by molar-refractivity contribution is 0.111. The molecule has 0 amide bonds. The Kier molecular flexibility index (Phi) is 10.2. The van der Waals surface area contributed by atoms with Gasteiger partial charge in [0.15, 0.2) is 12.6 Å². The number of carbonyl (C=O) groups is 2. The van der Waals surface area contributed by atoms with Crippen molar-refractivity contribution in [3.8, 4) is 30.6 Å². The third-order valence-electron chi connectivity index (χ3n) is 10.7. The van der Waals surface area contributed by atoms with Gasteiger partial charge in [0.2, 0.25) is 0 Å².